The average Bonchev–Trinajstić information content (AvgIpc) is 2.68. The zero-order valence-corrected chi connectivity index (χ0v) is 14.0. The summed E-state index contributed by atoms with van der Waals surface area (Å²) in [7, 11) is -2.94. The number of hydrogen-bond acceptors (Lipinski definition) is 1. The highest BCUT2D eigenvalue weighted by Crippen LogP contribution is 2.42. The molecule has 24 heavy (non-hydrogen) atoms. The summed E-state index contributed by atoms with van der Waals surface area (Å²) in [4.78, 5) is 0. The number of fused-ring (bicyclic) bond motifs is 1. The second-order valence-electron chi connectivity index (χ2n) is 5.71. The van der Waals surface area contributed by atoms with Crippen molar-refractivity contribution < 1.29 is 4.57 Å². The molecule has 4 aromatic rings. The van der Waals surface area contributed by atoms with E-state index in [2.05, 4.69) is 6.07 Å². The van der Waals surface area contributed by atoms with Crippen molar-refractivity contribution in [3.05, 3.63) is 103 Å². The third-order valence-electron chi connectivity index (χ3n) is 4.22. The van der Waals surface area contributed by atoms with Crippen molar-refractivity contribution in [3.8, 4) is 0 Å². The Morgan fingerprint density at radius 3 is 1.75 bits per heavy atom. The summed E-state index contributed by atoms with van der Waals surface area (Å²) in [5.74, 6) is 0. The Balaban J connectivity index is 2.00. The summed E-state index contributed by atoms with van der Waals surface area (Å²) in [6, 6.07) is 34.8. The highest BCUT2D eigenvalue weighted by Gasteiger charge is 2.29. The van der Waals surface area contributed by atoms with Crippen LogP contribution in [-0.2, 0) is 4.57 Å². The molecule has 0 aliphatic heterocycles. The average molecular weight is 327 g/mol. The molecule has 0 aliphatic carbocycles. The van der Waals surface area contributed by atoms with Crippen molar-refractivity contribution in [2.75, 3.05) is 0 Å². The van der Waals surface area contributed by atoms with E-state index in [4.69, 9.17) is 0 Å². The van der Waals surface area contributed by atoms with Crippen molar-refractivity contribution in [2.45, 2.75) is 0 Å². The first kappa shape index (κ1) is 14.9. The van der Waals surface area contributed by atoms with Crippen LogP contribution in [0.2, 0.25) is 0 Å². The van der Waals surface area contributed by atoms with E-state index < -0.39 is 7.14 Å². The van der Waals surface area contributed by atoms with Crippen molar-refractivity contribution >= 4 is 33.8 Å². The van der Waals surface area contributed by atoms with Gasteiger partial charge in [-0.15, -0.1) is 0 Å². The van der Waals surface area contributed by atoms with E-state index in [1.54, 1.807) is 0 Å². The Morgan fingerprint density at radius 1 is 0.583 bits per heavy atom. The molecule has 0 heterocycles. The molecule has 0 spiro atoms. The molecule has 0 N–H and O–H groups in total. The van der Waals surface area contributed by atoms with Gasteiger partial charge in [-0.25, -0.2) is 0 Å². The van der Waals surface area contributed by atoms with E-state index in [0.717, 1.165) is 26.7 Å². The van der Waals surface area contributed by atoms with Crippen LogP contribution < -0.4 is 15.9 Å². The van der Waals surface area contributed by atoms with Crippen molar-refractivity contribution in [2.24, 2.45) is 0 Å². The minimum Gasteiger partial charge on any atom is -0.309 e. The fraction of sp³-hybridized carbons (Fsp3) is 0. The Morgan fingerprint density at radius 2 is 1.12 bits per heavy atom. The molecule has 0 amide bonds. The summed E-state index contributed by atoms with van der Waals surface area (Å²) in [5.41, 5.74) is 0. The molecule has 0 unspecified atom stereocenters. The van der Waals surface area contributed by atoms with Crippen LogP contribution in [0.15, 0.2) is 97.1 Å². The SMILES string of the molecule is O=P(c1[c]c2ccccc2cc1)(c1ccccc1)c1ccccc1. The van der Waals surface area contributed by atoms with Crippen LogP contribution in [-0.4, -0.2) is 0 Å². The van der Waals surface area contributed by atoms with Crippen molar-refractivity contribution in [1.82, 2.24) is 0 Å². The van der Waals surface area contributed by atoms with Crippen LogP contribution in [0.25, 0.3) is 10.8 Å². The van der Waals surface area contributed by atoms with Gasteiger partial charge in [0.1, 0.15) is 0 Å². The molecular weight excluding hydrogens is 311 g/mol. The van der Waals surface area contributed by atoms with E-state index >= 15 is 0 Å². The van der Waals surface area contributed by atoms with Gasteiger partial charge in [-0.1, -0.05) is 91.0 Å². The zero-order chi connectivity index (χ0) is 16.4. The monoisotopic (exact) mass is 327 g/mol. The van der Waals surface area contributed by atoms with Crippen LogP contribution >= 0.6 is 7.14 Å². The van der Waals surface area contributed by atoms with E-state index in [0.29, 0.717) is 0 Å². The van der Waals surface area contributed by atoms with Crippen molar-refractivity contribution in [3.63, 3.8) is 0 Å². The molecule has 0 aromatic heterocycles. The van der Waals surface area contributed by atoms with Gasteiger partial charge >= 0.3 is 0 Å². The van der Waals surface area contributed by atoms with E-state index in [1.807, 2.05) is 97.1 Å². The third-order valence-corrected chi connectivity index (χ3v) is 7.21. The Hall–Kier alpha value is -2.63. The molecule has 4 aromatic carbocycles. The first-order valence-electron chi connectivity index (χ1n) is 7.91. The Kier molecular flexibility index (Phi) is 3.80. The fourth-order valence-corrected chi connectivity index (χ4v) is 5.59. The minimum atomic E-state index is -2.94. The maximum absolute atomic E-state index is 14.2. The van der Waals surface area contributed by atoms with Crippen LogP contribution in [0, 0.1) is 6.07 Å². The van der Waals surface area contributed by atoms with Crippen molar-refractivity contribution in [1.29, 1.82) is 0 Å². The molecule has 1 radical (unpaired) electrons. The Bertz CT molecular complexity index is 980. The fourth-order valence-electron chi connectivity index (χ4n) is 2.99. The zero-order valence-electron chi connectivity index (χ0n) is 13.1. The first-order valence-corrected chi connectivity index (χ1v) is 9.62. The lowest BCUT2D eigenvalue weighted by Gasteiger charge is -2.20. The van der Waals surface area contributed by atoms with E-state index in [-0.39, 0.29) is 0 Å². The minimum absolute atomic E-state index is 0.749. The molecule has 0 fully saturated rings. The smallest absolute Gasteiger partial charge is 0.171 e. The highest BCUT2D eigenvalue weighted by molar-refractivity contribution is 7.85. The van der Waals surface area contributed by atoms with Crippen LogP contribution in [0.1, 0.15) is 0 Å². The van der Waals surface area contributed by atoms with Crippen LogP contribution in [0.4, 0.5) is 0 Å². The van der Waals surface area contributed by atoms with Gasteiger partial charge in [0.15, 0.2) is 7.14 Å². The predicted molar refractivity (Wildman–Crippen MR) is 102 cm³/mol. The van der Waals surface area contributed by atoms with E-state index in [1.165, 1.54) is 0 Å². The summed E-state index contributed by atoms with van der Waals surface area (Å²) in [5, 5.41) is 4.51. The molecule has 4 rings (SSSR count). The molecular formula is C22H16OP. The lowest BCUT2D eigenvalue weighted by atomic mass is 10.1. The summed E-state index contributed by atoms with van der Waals surface area (Å²) in [6.45, 7) is 0. The Labute approximate surface area is 142 Å². The highest BCUT2D eigenvalue weighted by atomic mass is 31.2. The molecule has 115 valence electrons. The van der Waals surface area contributed by atoms with Gasteiger partial charge in [0, 0.05) is 22.0 Å². The molecule has 0 aliphatic rings. The third kappa shape index (κ3) is 2.48. The molecule has 0 saturated heterocycles. The maximum Gasteiger partial charge on any atom is 0.171 e. The predicted octanol–water partition coefficient (Wildman–Crippen LogP) is 4.28. The van der Waals surface area contributed by atoms with Gasteiger partial charge in [0.25, 0.3) is 0 Å². The van der Waals surface area contributed by atoms with E-state index in [9.17, 15) is 4.57 Å². The molecule has 0 saturated carbocycles. The summed E-state index contributed by atoms with van der Waals surface area (Å²) >= 11 is 0. The molecule has 1 nitrogen and oxygen atoms in total. The van der Waals surface area contributed by atoms with Gasteiger partial charge in [0.2, 0.25) is 0 Å². The summed E-state index contributed by atoms with van der Waals surface area (Å²) < 4.78 is 14.2. The normalized spacial score (nSPS) is 11.5. The van der Waals surface area contributed by atoms with Gasteiger partial charge < -0.3 is 4.57 Å². The summed E-state index contributed by atoms with van der Waals surface area (Å²) in [6.07, 6.45) is 0. The molecule has 2 heteroatoms. The number of hydrogen-bond donors (Lipinski definition) is 0. The lowest BCUT2D eigenvalue weighted by molar-refractivity contribution is 0.592. The largest absolute Gasteiger partial charge is 0.309 e. The quantitative estimate of drug-likeness (QED) is 0.513. The van der Waals surface area contributed by atoms with Gasteiger partial charge in [-0.05, 0) is 16.8 Å². The molecule has 0 bridgehead atoms. The van der Waals surface area contributed by atoms with Crippen LogP contribution in [0.5, 0.6) is 0 Å². The van der Waals surface area contributed by atoms with Gasteiger partial charge in [0.05, 0.1) is 0 Å². The van der Waals surface area contributed by atoms with Gasteiger partial charge in [-0.3, -0.25) is 0 Å². The van der Waals surface area contributed by atoms with Crippen LogP contribution in [0.3, 0.4) is 0 Å². The first-order chi connectivity index (χ1) is 11.8. The second kappa shape index (κ2) is 6.11. The second-order valence-corrected chi connectivity index (χ2v) is 8.44. The number of benzene rings is 4. The van der Waals surface area contributed by atoms with Gasteiger partial charge in [-0.2, -0.15) is 0 Å². The standard InChI is InChI=1S/C22H16OP/c23-24(20-11-3-1-4-12-20,21-13-5-2-6-14-21)22-16-15-18-9-7-8-10-19(18)17-22/h1-16H. The number of rotatable bonds is 3. The lowest BCUT2D eigenvalue weighted by Crippen LogP contribution is -2.25. The maximum atomic E-state index is 14.2. The topological polar surface area (TPSA) is 17.1 Å². The molecule has 0 atom stereocenters.